The number of benzene rings is 2. The van der Waals surface area contributed by atoms with Crippen LogP contribution in [0.5, 0.6) is 5.75 Å². The molecule has 3 nitrogen and oxygen atoms in total. The summed E-state index contributed by atoms with van der Waals surface area (Å²) in [6.45, 7) is 0.696. The van der Waals surface area contributed by atoms with E-state index in [9.17, 15) is 0 Å². The molecular weight excluding hydrogens is 304 g/mol. The average molecular weight is 317 g/mol. The lowest BCUT2D eigenvalue weighted by molar-refractivity contribution is 0.414. The van der Waals surface area contributed by atoms with Crippen molar-refractivity contribution in [1.29, 1.82) is 5.26 Å². The van der Waals surface area contributed by atoms with Gasteiger partial charge in [-0.1, -0.05) is 12.1 Å². The van der Waals surface area contributed by atoms with Gasteiger partial charge in [0.2, 0.25) is 0 Å². The Labute approximate surface area is 121 Å². The van der Waals surface area contributed by atoms with Crippen LogP contribution in [0.1, 0.15) is 11.1 Å². The Morgan fingerprint density at radius 2 is 2.11 bits per heavy atom. The fourth-order valence-corrected chi connectivity index (χ4v) is 2.23. The lowest BCUT2D eigenvalue weighted by Gasteiger charge is -2.09. The van der Waals surface area contributed by atoms with Crippen LogP contribution in [-0.2, 0) is 6.54 Å². The van der Waals surface area contributed by atoms with Crippen molar-refractivity contribution in [3.05, 3.63) is 58.1 Å². The van der Waals surface area contributed by atoms with Crippen LogP contribution < -0.4 is 10.1 Å². The molecule has 0 heterocycles. The van der Waals surface area contributed by atoms with Crippen molar-refractivity contribution < 1.29 is 4.74 Å². The Balaban J connectivity index is 2.08. The van der Waals surface area contributed by atoms with Gasteiger partial charge in [0.15, 0.2) is 0 Å². The molecule has 0 aliphatic heterocycles. The summed E-state index contributed by atoms with van der Waals surface area (Å²) in [5.74, 6) is 0.846. The summed E-state index contributed by atoms with van der Waals surface area (Å²) < 4.78 is 6.07. The lowest BCUT2D eigenvalue weighted by Crippen LogP contribution is -2.00. The van der Waals surface area contributed by atoms with Crippen molar-refractivity contribution in [3.63, 3.8) is 0 Å². The first kappa shape index (κ1) is 13.4. The molecule has 19 heavy (non-hydrogen) atoms. The summed E-state index contributed by atoms with van der Waals surface area (Å²) in [6.07, 6.45) is 0. The molecule has 96 valence electrons. The number of nitrogens with one attached hydrogen (secondary N) is 1. The van der Waals surface area contributed by atoms with E-state index < -0.39 is 0 Å². The minimum Gasteiger partial charge on any atom is -0.497 e. The second-order valence-electron chi connectivity index (χ2n) is 4.01. The molecule has 2 aromatic rings. The van der Waals surface area contributed by atoms with E-state index in [0.717, 1.165) is 21.5 Å². The van der Waals surface area contributed by atoms with Crippen molar-refractivity contribution >= 4 is 21.6 Å². The van der Waals surface area contributed by atoms with E-state index in [0.29, 0.717) is 12.1 Å². The van der Waals surface area contributed by atoms with Gasteiger partial charge in [0.25, 0.3) is 0 Å². The summed E-state index contributed by atoms with van der Waals surface area (Å²) in [5, 5.41) is 12.1. The highest BCUT2D eigenvalue weighted by atomic mass is 79.9. The van der Waals surface area contributed by atoms with Crippen LogP contribution in [0.15, 0.2) is 46.9 Å². The van der Waals surface area contributed by atoms with Crippen LogP contribution in [-0.4, -0.2) is 7.11 Å². The Morgan fingerprint density at radius 1 is 1.26 bits per heavy atom. The summed E-state index contributed by atoms with van der Waals surface area (Å²) in [7, 11) is 1.66. The molecule has 0 saturated heterocycles. The fourth-order valence-electron chi connectivity index (χ4n) is 1.71. The monoisotopic (exact) mass is 316 g/mol. The Hall–Kier alpha value is -1.99. The number of ether oxygens (including phenoxy) is 1. The Kier molecular flexibility index (Phi) is 4.43. The van der Waals surface area contributed by atoms with Crippen molar-refractivity contribution in [2.24, 2.45) is 0 Å². The third-order valence-corrected chi connectivity index (χ3v) is 3.37. The second-order valence-corrected chi connectivity index (χ2v) is 4.87. The molecule has 1 N–H and O–H groups in total. The number of methoxy groups -OCH3 is 1. The maximum Gasteiger partial charge on any atom is 0.119 e. The van der Waals surface area contributed by atoms with Crippen molar-refractivity contribution in [2.75, 3.05) is 12.4 Å². The predicted octanol–water partition coefficient (Wildman–Crippen LogP) is 3.94. The highest BCUT2D eigenvalue weighted by Gasteiger charge is 2.02. The highest BCUT2D eigenvalue weighted by molar-refractivity contribution is 9.10. The SMILES string of the molecule is COc1cccc(CNc2ccc(C#N)cc2Br)c1. The fraction of sp³-hybridized carbons (Fsp3) is 0.133. The largest absolute Gasteiger partial charge is 0.497 e. The maximum atomic E-state index is 8.81. The van der Waals surface area contributed by atoms with E-state index in [4.69, 9.17) is 10.00 Å². The molecule has 0 atom stereocenters. The van der Waals surface area contributed by atoms with Gasteiger partial charge in [-0.25, -0.2) is 0 Å². The van der Waals surface area contributed by atoms with Crippen molar-refractivity contribution in [1.82, 2.24) is 0 Å². The first-order valence-corrected chi connectivity index (χ1v) is 6.58. The smallest absolute Gasteiger partial charge is 0.119 e. The normalized spacial score (nSPS) is 9.74. The number of halogens is 1. The molecule has 0 fully saturated rings. The summed E-state index contributed by atoms with van der Waals surface area (Å²) in [6, 6.07) is 15.5. The van der Waals surface area contributed by atoms with Gasteiger partial charge in [0.1, 0.15) is 5.75 Å². The summed E-state index contributed by atoms with van der Waals surface area (Å²) in [4.78, 5) is 0. The van der Waals surface area contributed by atoms with Gasteiger partial charge >= 0.3 is 0 Å². The number of anilines is 1. The quantitative estimate of drug-likeness (QED) is 0.929. The van der Waals surface area contributed by atoms with Crippen LogP contribution >= 0.6 is 15.9 Å². The molecule has 0 saturated carbocycles. The van der Waals surface area contributed by atoms with E-state index in [2.05, 4.69) is 27.3 Å². The third kappa shape index (κ3) is 3.49. The number of nitriles is 1. The van der Waals surface area contributed by atoms with Crippen LogP contribution in [0.4, 0.5) is 5.69 Å². The third-order valence-electron chi connectivity index (χ3n) is 2.72. The average Bonchev–Trinajstić information content (AvgIpc) is 2.46. The molecule has 0 unspecified atom stereocenters. The van der Waals surface area contributed by atoms with E-state index in [1.165, 1.54) is 0 Å². The van der Waals surface area contributed by atoms with Gasteiger partial charge in [-0.2, -0.15) is 5.26 Å². The van der Waals surface area contributed by atoms with E-state index in [-0.39, 0.29) is 0 Å². The van der Waals surface area contributed by atoms with Crippen LogP contribution in [0, 0.1) is 11.3 Å². The zero-order chi connectivity index (χ0) is 13.7. The molecule has 0 radical (unpaired) electrons. The molecule has 4 heteroatoms. The molecule has 0 amide bonds. The topological polar surface area (TPSA) is 45.0 Å². The molecule has 2 aromatic carbocycles. The van der Waals surface area contributed by atoms with E-state index in [1.807, 2.05) is 30.3 Å². The first-order chi connectivity index (χ1) is 9.22. The second kappa shape index (κ2) is 6.26. The lowest BCUT2D eigenvalue weighted by atomic mass is 10.2. The van der Waals surface area contributed by atoms with Gasteiger partial charge in [-0.05, 0) is 51.8 Å². The highest BCUT2D eigenvalue weighted by Crippen LogP contribution is 2.24. The molecule has 2 rings (SSSR count). The number of rotatable bonds is 4. The van der Waals surface area contributed by atoms with E-state index >= 15 is 0 Å². The van der Waals surface area contributed by atoms with Crippen LogP contribution in [0.3, 0.4) is 0 Å². The predicted molar refractivity (Wildman–Crippen MR) is 79.2 cm³/mol. The van der Waals surface area contributed by atoms with Gasteiger partial charge in [-0.15, -0.1) is 0 Å². The van der Waals surface area contributed by atoms with Crippen LogP contribution in [0.25, 0.3) is 0 Å². The summed E-state index contributed by atoms with van der Waals surface area (Å²) in [5.41, 5.74) is 2.73. The van der Waals surface area contributed by atoms with Gasteiger partial charge in [0.05, 0.1) is 18.7 Å². The van der Waals surface area contributed by atoms with Crippen LogP contribution in [0.2, 0.25) is 0 Å². The Morgan fingerprint density at radius 3 is 2.79 bits per heavy atom. The Bertz CT molecular complexity index is 620. The maximum absolute atomic E-state index is 8.81. The molecule has 0 aliphatic carbocycles. The minimum absolute atomic E-state index is 0.638. The molecular formula is C15H13BrN2O. The van der Waals surface area contributed by atoms with Gasteiger partial charge in [0, 0.05) is 16.7 Å². The minimum atomic E-state index is 0.638. The number of nitrogens with zero attached hydrogens (tertiary/aromatic N) is 1. The number of hydrogen-bond acceptors (Lipinski definition) is 3. The molecule has 0 spiro atoms. The molecule has 0 bridgehead atoms. The van der Waals surface area contributed by atoms with Gasteiger partial charge in [-0.3, -0.25) is 0 Å². The molecule has 0 aliphatic rings. The zero-order valence-corrected chi connectivity index (χ0v) is 12.1. The number of hydrogen-bond donors (Lipinski definition) is 1. The molecule has 0 aromatic heterocycles. The first-order valence-electron chi connectivity index (χ1n) is 5.79. The zero-order valence-electron chi connectivity index (χ0n) is 10.5. The summed E-state index contributed by atoms with van der Waals surface area (Å²) >= 11 is 3.45. The van der Waals surface area contributed by atoms with Crippen molar-refractivity contribution in [2.45, 2.75) is 6.54 Å². The standard InChI is InChI=1S/C15H13BrN2O/c1-19-13-4-2-3-12(7-13)10-18-15-6-5-11(9-17)8-14(15)16/h2-8,18H,10H2,1H3. The van der Waals surface area contributed by atoms with E-state index in [1.54, 1.807) is 19.2 Å². The van der Waals surface area contributed by atoms with Gasteiger partial charge < -0.3 is 10.1 Å². The van der Waals surface area contributed by atoms with Crippen molar-refractivity contribution in [3.8, 4) is 11.8 Å².